The third kappa shape index (κ3) is 3.51. The van der Waals surface area contributed by atoms with Crippen LogP contribution in [-0.2, 0) is 6.54 Å². The van der Waals surface area contributed by atoms with Crippen molar-refractivity contribution in [3.05, 3.63) is 51.1 Å². The van der Waals surface area contributed by atoms with Gasteiger partial charge in [0, 0.05) is 17.1 Å². The molecule has 0 saturated carbocycles. The zero-order valence-electron chi connectivity index (χ0n) is 11.4. The smallest absolute Gasteiger partial charge is 0.219 e. The van der Waals surface area contributed by atoms with Crippen LogP contribution in [0.15, 0.2) is 34.8 Å². The number of hydrogen-bond donors (Lipinski definition) is 1. The van der Waals surface area contributed by atoms with E-state index in [2.05, 4.69) is 40.8 Å². The fourth-order valence-corrected chi connectivity index (χ4v) is 2.40. The number of halogens is 2. The Morgan fingerprint density at radius 1 is 1.30 bits per heavy atom. The van der Waals surface area contributed by atoms with E-state index in [1.165, 1.54) is 0 Å². The summed E-state index contributed by atoms with van der Waals surface area (Å²) in [5.41, 5.74) is 7.35. The Labute approximate surface area is 132 Å². The maximum atomic E-state index is 6.00. The quantitative estimate of drug-likeness (QED) is 0.851. The van der Waals surface area contributed by atoms with E-state index in [-0.39, 0.29) is 6.54 Å². The van der Waals surface area contributed by atoms with E-state index in [1.54, 1.807) is 12.1 Å². The van der Waals surface area contributed by atoms with Crippen molar-refractivity contribution in [3.63, 3.8) is 0 Å². The molecule has 0 fully saturated rings. The van der Waals surface area contributed by atoms with Crippen molar-refractivity contribution in [1.82, 2.24) is 4.98 Å². The first-order valence-corrected chi connectivity index (χ1v) is 7.51. The molecule has 0 aliphatic carbocycles. The Bertz CT molecular complexity index is 617. The van der Waals surface area contributed by atoms with Crippen LogP contribution in [0.3, 0.4) is 0 Å². The van der Waals surface area contributed by atoms with Gasteiger partial charge < -0.3 is 10.5 Å². The molecule has 0 bridgehead atoms. The second-order valence-electron chi connectivity index (χ2n) is 4.72. The average Bonchev–Trinajstić information content (AvgIpc) is 2.42. The maximum Gasteiger partial charge on any atom is 0.219 e. The molecule has 0 amide bonds. The minimum absolute atomic E-state index is 0.285. The van der Waals surface area contributed by atoms with Crippen molar-refractivity contribution < 1.29 is 4.74 Å². The van der Waals surface area contributed by atoms with Gasteiger partial charge in [-0.3, -0.25) is 0 Å². The van der Waals surface area contributed by atoms with E-state index in [4.69, 9.17) is 22.1 Å². The predicted octanol–water partition coefficient (Wildman–Crippen LogP) is 4.87. The lowest BCUT2D eigenvalue weighted by Crippen LogP contribution is -2.02. The molecule has 0 aliphatic heterocycles. The zero-order chi connectivity index (χ0) is 14.7. The first-order valence-electron chi connectivity index (χ1n) is 6.34. The summed E-state index contributed by atoms with van der Waals surface area (Å²) in [6, 6.07) is 9.42. The van der Waals surface area contributed by atoms with E-state index in [0.717, 1.165) is 15.8 Å². The third-order valence-corrected chi connectivity index (χ3v) is 3.73. The van der Waals surface area contributed by atoms with Crippen LogP contribution in [-0.4, -0.2) is 4.98 Å². The highest BCUT2D eigenvalue weighted by Crippen LogP contribution is 2.32. The zero-order valence-corrected chi connectivity index (χ0v) is 13.7. The van der Waals surface area contributed by atoms with E-state index in [1.807, 2.05) is 12.1 Å². The Balaban J connectivity index is 2.34. The largest absolute Gasteiger partial charge is 0.439 e. The SMILES string of the molecule is CC(C)c1cc(Br)ccc1Oc1ccc(Cl)c(CN)n1. The predicted molar refractivity (Wildman–Crippen MR) is 85.4 cm³/mol. The molecule has 3 nitrogen and oxygen atoms in total. The van der Waals surface area contributed by atoms with E-state index in [0.29, 0.717) is 22.5 Å². The molecular formula is C15H16BrClN2O. The number of nitrogens with two attached hydrogens (primary N) is 1. The van der Waals surface area contributed by atoms with Crippen LogP contribution in [0.25, 0.3) is 0 Å². The molecule has 5 heteroatoms. The van der Waals surface area contributed by atoms with E-state index >= 15 is 0 Å². The molecule has 1 aromatic heterocycles. The molecule has 0 spiro atoms. The number of rotatable bonds is 4. The van der Waals surface area contributed by atoms with Crippen LogP contribution < -0.4 is 10.5 Å². The molecule has 20 heavy (non-hydrogen) atoms. The monoisotopic (exact) mass is 354 g/mol. The molecule has 0 radical (unpaired) electrons. The van der Waals surface area contributed by atoms with Crippen molar-refractivity contribution in [1.29, 1.82) is 0 Å². The Morgan fingerprint density at radius 2 is 2.05 bits per heavy atom. The minimum atomic E-state index is 0.285. The van der Waals surface area contributed by atoms with Crippen molar-refractivity contribution in [2.24, 2.45) is 5.73 Å². The van der Waals surface area contributed by atoms with Gasteiger partial charge in [0.15, 0.2) is 0 Å². The van der Waals surface area contributed by atoms with Crippen molar-refractivity contribution >= 4 is 27.5 Å². The summed E-state index contributed by atoms with van der Waals surface area (Å²) in [5, 5.41) is 0.555. The van der Waals surface area contributed by atoms with Crippen molar-refractivity contribution in [2.45, 2.75) is 26.3 Å². The van der Waals surface area contributed by atoms with Gasteiger partial charge in [0.2, 0.25) is 5.88 Å². The van der Waals surface area contributed by atoms with Crippen LogP contribution in [0.4, 0.5) is 0 Å². The van der Waals surface area contributed by atoms with E-state index in [9.17, 15) is 0 Å². The summed E-state index contributed by atoms with van der Waals surface area (Å²) in [7, 11) is 0. The highest BCUT2D eigenvalue weighted by molar-refractivity contribution is 9.10. The molecule has 0 unspecified atom stereocenters. The lowest BCUT2D eigenvalue weighted by atomic mass is 10.0. The fraction of sp³-hybridized carbons (Fsp3) is 0.267. The number of nitrogens with zero attached hydrogens (tertiary/aromatic N) is 1. The van der Waals surface area contributed by atoms with E-state index < -0.39 is 0 Å². The lowest BCUT2D eigenvalue weighted by Gasteiger charge is -2.14. The first-order chi connectivity index (χ1) is 9.51. The van der Waals surface area contributed by atoms with Crippen molar-refractivity contribution in [3.8, 4) is 11.6 Å². The molecular weight excluding hydrogens is 340 g/mol. The van der Waals surface area contributed by atoms with Gasteiger partial charge in [0.25, 0.3) is 0 Å². The number of aromatic nitrogens is 1. The van der Waals surface area contributed by atoms with Gasteiger partial charge in [-0.25, -0.2) is 4.98 Å². The molecule has 1 heterocycles. The highest BCUT2D eigenvalue weighted by atomic mass is 79.9. The Hall–Kier alpha value is -1.10. The Kier molecular flexibility index (Phi) is 5.02. The number of pyridine rings is 1. The molecule has 0 atom stereocenters. The van der Waals surface area contributed by atoms with Crippen molar-refractivity contribution in [2.75, 3.05) is 0 Å². The molecule has 2 rings (SSSR count). The highest BCUT2D eigenvalue weighted by Gasteiger charge is 2.11. The van der Waals surface area contributed by atoms with Gasteiger partial charge in [-0.05, 0) is 35.7 Å². The summed E-state index contributed by atoms with van der Waals surface area (Å²) in [5.74, 6) is 1.64. The molecule has 0 saturated heterocycles. The second-order valence-corrected chi connectivity index (χ2v) is 6.04. The first kappa shape index (κ1) is 15.3. The van der Waals surface area contributed by atoms with Gasteiger partial charge in [0.05, 0.1) is 10.7 Å². The lowest BCUT2D eigenvalue weighted by molar-refractivity contribution is 0.452. The number of hydrogen-bond acceptors (Lipinski definition) is 3. The average molecular weight is 356 g/mol. The Morgan fingerprint density at radius 3 is 2.70 bits per heavy atom. The van der Waals surface area contributed by atoms with Gasteiger partial charge >= 0.3 is 0 Å². The maximum absolute atomic E-state index is 6.00. The topological polar surface area (TPSA) is 48.1 Å². The molecule has 1 aromatic carbocycles. The summed E-state index contributed by atoms with van der Waals surface area (Å²) in [4.78, 5) is 4.32. The standard InChI is InChI=1S/C15H16BrClN2O/c1-9(2)11-7-10(16)3-5-14(11)20-15-6-4-12(17)13(8-18)19-15/h3-7,9H,8,18H2,1-2H3. The van der Waals surface area contributed by atoms with Crippen LogP contribution >= 0.6 is 27.5 Å². The number of benzene rings is 1. The van der Waals surface area contributed by atoms with Crippen LogP contribution in [0.2, 0.25) is 5.02 Å². The summed E-state index contributed by atoms with van der Waals surface area (Å²) < 4.78 is 6.91. The van der Waals surface area contributed by atoms with Gasteiger partial charge in [-0.1, -0.05) is 41.4 Å². The van der Waals surface area contributed by atoms with Crippen LogP contribution in [0.5, 0.6) is 11.6 Å². The summed E-state index contributed by atoms with van der Waals surface area (Å²) in [6.45, 7) is 4.53. The van der Waals surface area contributed by atoms with Gasteiger partial charge in [-0.2, -0.15) is 0 Å². The normalized spacial score (nSPS) is 10.9. The second kappa shape index (κ2) is 6.57. The summed E-state index contributed by atoms with van der Waals surface area (Å²) in [6.07, 6.45) is 0. The van der Waals surface area contributed by atoms with Gasteiger partial charge in [-0.15, -0.1) is 0 Å². The molecule has 2 aromatic rings. The summed E-state index contributed by atoms with van der Waals surface area (Å²) >= 11 is 9.47. The third-order valence-electron chi connectivity index (χ3n) is 2.89. The van der Waals surface area contributed by atoms with Crippen LogP contribution in [0.1, 0.15) is 31.0 Å². The number of ether oxygens (including phenoxy) is 1. The minimum Gasteiger partial charge on any atom is -0.439 e. The molecule has 106 valence electrons. The van der Waals surface area contributed by atoms with Gasteiger partial charge in [0.1, 0.15) is 5.75 Å². The molecule has 2 N–H and O–H groups in total. The fourth-order valence-electron chi connectivity index (χ4n) is 1.84. The molecule has 0 aliphatic rings. The van der Waals surface area contributed by atoms with Crippen LogP contribution in [0, 0.1) is 0 Å².